The van der Waals surface area contributed by atoms with Gasteiger partial charge >= 0.3 is 0 Å². The molecule has 174 valence electrons. The third kappa shape index (κ3) is 4.03. The van der Waals surface area contributed by atoms with Crippen LogP contribution in [0.15, 0.2) is 18.2 Å². The molecule has 0 amide bonds. The Morgan fingerprint density at radius 3 is 2.55 bits per heavy atom. The second-order valence-corrected chi connectivity index (χ2v) is 13.1. The van der Waals surface area contributed by atoms with Crippen molar-refractivity contribution in [1.82, 2.24) is 14.1 Å². The van der Waals surface area contributed by atoms with Crippen LogP contribution in [0.5, 0.6) is 5.75 Å². The molecule has 0 unspecified atom stereocenters. The Balaban J connectivity index is 1.50. The van der Waals surface area contributed by atoms with Crippen LogP contribution in [-0.2, 0) is 21.9 Å². The molecule has 0 aromatic heterocycles. The maximum atomic E-state index is 12.5. The first-order valence-corrected chi connectivity index (χ1v) is 13.3. The van der Waals surface area contributed by atoms with Crippen LogP contribution in [-0.4, -0.2) is 85.2 Å². The van der Waals surface area contributed by atoms with E-state index in [4.69, 9.17) is 0 Å². The maximum Gasteiger partial charge on any atom is 0.216 e. The third-order valence-corrected chi connectivity index (χ3v) is 10.5. The van der Waals surface area contributed by atoms with Crippen LogP contribution >= 0.6 is 0 Å². The van der Waals surface area contributed by atoms with Gasteiger partial charge in [0.05, 0.1) is 5.25 Å². The van der Waals surface area contributed by atoms with Gasteiger partial charge in [0, 0.05) is 37.1 Å². The molecule has 2 saturated heterocycles. The molecule has 4 rings (SSSR count). The predicted molar refractivity (Wildman–Crippen MR) is 125 cm³/mol. The fraction of sp³-hybridized carbons (Fsp3) is 0.750. The summed E-state index contributed by atoms with van der Waals surface area (Å²) >= 11 is 0. The Labute approximate surface area is 188 Å². The zero-order chi connectivity index (χ0) is 22.6. The standard InChI is InChI=1S/C24H39N3O3S/c1-17(2)31(29,30)27-11-8-18(9-12-27)16-26(5)23-22-14-19-6-7-20(28)15-21(19)24(23,3)10-13-25(22)4/h6-7,15,17-18,22-23,28H,8-14,16H2,1-5H3/t22-,23+,24+/m1/s1. The molecule has 1 aromatic rings. The average Bonchev–Trinajstić information content (AvgIpc) is 2.72. The quantitative estimate of drug-likeness (QED) is 0.749. The molecule has 1 aromatic carbocycles. The highest BCUT2D eigenvalue weighted by Crippen LogP contribution is 2.47. The van der Waals surface area contributed by atoms with E-state index in [9.17, 15) is 13.5 Å². The van der Waals surface area contributed by atoms with Crippen LogP contribution in [0.4, 0.5) is 0 Å². The van der Waals surface area contributed by atoms with E-state index in [1.54, 1.807) is 18.2 Å². The summed E-state index contributed by atoms with van der Waals surface area (Å²) in [6.07, 6.45) is 3.95. The van der Waals surface area contributed by atoms with E-state index >= 15 is 0 Å². The first-order valence-electron chi connectivity index (χ1n) is 11.8. The van der Waals surface area contributed by atoms with Gasteiger partial charge in [-0.05, 0) is 89.3 Å². The van der Waals surface area contributed by atoms with Crippen molar-refractivity contribution in [3.63, 3.8) is 0 Å². The van der Waals surface area contributed by atoms with E-state index in [1.165, 1.54) is 11.1 Å². The number of phenols is 1. The van der Waals surface area contributed by atoms with E-state index in [1.807, 2.05) is 12.1 Å². The Morgan fingerprint density at radius 1 is 1.23 bits per heavy atom. The van der Waals surface area contributed by atoms with E-state index in [0.717, 1.165) is 38.8 Å². The van der Waals surface area contributed by atoms with Crippen LogP contribution in [0, 0.1) is 5.92 Å². The van der Waals surface area contributed by atoms with Crippen molar-refractivity contribution < 1.29 is 13.5 Å². The van der Waals surface area contributed by atoms with Gasteiger partial charge in [0.25, 0.3) is 0 Å². The highest BCUT2D eigenvalue weighted by atomic mass is 32.2. The largest absolute Gasteiger partial charge is 0.508 e. The second kappa shape index (κ2) is 8.32. The number of piperidine rings is 2. The van der Waals surface area contributed by atoms with E-state index < -0.39 is 10.0 Å². The lowest BCUT2D eigenvalue weighted by atomic mass is 9.61. The molecule has 1 aliphatic carbocycles. The van der Waals surface area contributed by atoms with Crippen molar-refractivity contribution >= 4 is 10.0 Å². The lowest BCUT2D eigenvalue weighted by Gasteiger charge is -2.58. The zero-order valence-electron chi connectivity index (χ0n) is 19.7. The topological polar surface area (TPSA) is 64.1 Å². The molecular weight excluding hydrogens is 410 g/mol. The molecule has 31 heavy (non-hydrogen) atoms. The molecule has 2 aliphatic heterocycles. The van der Waals surface area contributed by atoms with E-state index in [0.29, 0.717) is 36.8 Å². The number of hydrogen-bond acceptors (Lipinski definition) is 5. The summed E-state index contributed by atoms with van der Waals surface area (Å²) in [6.45, 7) is 9.26. The molecule has 6 nitrogen and oxygen atoms in total. The number of benzene rings is 1. The molecular formula is C24H39N3O3S. The zero-order valence-corrected chi connectivity index (χ0v) is 20.5. The van der Waals surface area contributed by atoms with Crippen LogP contribution in [0.25, 0.3) is 0 Å². The summed E-state index contributed by atoms with van der Waals surface area (Å²) < 4.78 is 26.7. The highest BCUT2D eigenvalue weighted by Gasteiger charge is 2.51. The number of likely N-dealkylation sites (tertiary alicyclic amines) is 1. The van der Waals surface area contributed by atoms with E-state index in [2.05, 4.69) is 36.9 Å². The van der Waals surface area contributed by atoms with Gasteiger partial charge in [-0.1, -0.05) is 13.0 Å². The summed E-state index contributed by atoms with van der Waals surface area (Å²) in [7, 11) is 1.34. The Bertz CT molecular complexity index is 911. The number of rotatable bonds is 5. The molecule has 0 radical (unpaired) electrons. The van der Waals surface area contributed by atoms with Gasteiger partial charge in [-0.15, -0.1) is 0 Å². The third-order valence-electron chi connectivity index (χ3n) is 8.26. The summed E-state index contributed by atoms with van der Waals surface area (Å²) in [5.74, 6) is 0.876. The summed E-state index contributed by atoms with van der Waals surface area (Å²) in [4.78, 5) is 5.06. The smallest absolute Gasteiger partial charge is 0.216 e. The van der Waals surface area contributed by atoms with Crippen molar-refractivity contribution in [2.45, 2.75) is 69.2 Å². The first kappa shape index (κ1) is 23.0. The van der Waals surface area contributed by atoms with Gasteiger partial charge in [0.1, 0.15) is 5.75 Å². The van der Waals surface area contributed by atoms with Crippen LogP contribution < -0.4 is 0 Å². The number of phenolic OH excluding ortho intramolecular Hbond substituents is 1. The monoisotopic (exact) mass is 449 g/mol. The van der Waals surface area contributed by atoms with Crippen LogP contribution in [0.1, 0.15) is 51.2 Å². The Hall–Kier alpha value is -1.15. The number of hydrogen-bond donors (Lipinski definition) is 1. The minimum absolute atomic E-state index is 0.0138. The second-order valence-electron chi connectivity index (χ2n) is 10.6. The number of fused-ring (bicyclic) bond motifs is 4. The maximum absolute atomic E-state index is 12.5. The fourth-order valence-electron chi connectivity index (χ4n) is 6.39. The van der Waals surface area contributed by atoms with Gasteiger partial charge in [-0.25, -0.2) is 12.7 Å². The lowest BCUT2D eigenvalue weighted by Crippen LogP contribution is -2.66. The number of likely N-dealkylation sites (N-methyl/N-ethyl adjacent to an activating group) is 2. The molecule has 2 bridgehead atoms. The fourth-order valence-corrected chi connectivity index (χ4v) is 7.71. The van der Waals surface area contributed by atoms with Crippen LogP contribution in [0.2, 0.25) is 0 Å². The molecule has 3 aliphatic rings. The molecule has 0 saturated carbocycles. The molecule has 0 spiro atoms. The molecule has 2 fully saturated rings. The minimum atomic E-state index is -3.15. The lowest BCUT2D eigenvalue weighted by molar-refractivity contribution is -0.00615. The molecule has 7 heteroatoms. The van der Waals surface area contributed by atoms with Crippen molar-refractivity contribution in [2.24, 2.45) is 5.92 Å². The van der Waals surface area contributed by atoms with Gasteiger partial charge in [-0.2, -0.15) is 0 Å². The number of aromatic hydroxyl groups is 1. The summed E-state index contributed by atoms with van der Waals surface area (Å²) in [6, 6.07) is 6.77. The summed E-state index contributed by atoms with van der Waals surface area (Å²) in [5, 5.41) is 9.84. The number of nitrogens with zero attached hydrogens (tertiary/aromatic N) is 3. The Morgan fingerprint density at radius 2 is 1.90 bits per heavy atom. The SMILES string of the molecule is CC(C)S(=O)(=O)N1CCC(CN(C)[C@H]2[C@H]3Cc4ccc(O)cc4[C@]2(C)CCN3C)CC1. The van der Waals surface area contributed by atoms with Crippen LogP contribution in [0.3, 0.4) is 0 Å². The average molecular weight is 450 g/mol. The van der Waals surface area contributed by atoms with Gasteiger partial charge in [0.15, 0.2) is 0 Å². The number of sulfonamides is 1. The van der Waals surface area contributed by atoms with Crippen molar-refractivity contribution in [2.75, 3.05) is 40.3 Å². The van der Waals surface area contributed by atoms with Gasteiger partial charge in [-0.3, -0.25) is 0 Å². The molecule has 3 atom stereocenters. The normalized spacial score (nSPS) is 30.7. The van der Waals surface area contributed by atoms with Crippen molar-refractivity contribution in [3.05, 3.63) is 29.3 Å². The van der Waals surface area contributed by atoms with Crippen molar-refractivity contribution in [1.29, 1.82) is 0 Å². The predicted octanol–water partition coefficient (Wildman–Crippen LogP) is 2.66. The minimum Gasteiger partial charge on any atom is -0.508 e. The molecule has 1 N–H and O–H groups in total. The van der Waals surface area contributed by atoms with E-state index in [-0.39, 0.29) is 10.7 Å². The van der Waals surface area contributed by atoms with Gasteiger partial charge < -0.3 is 14.9 Å². The van der Waals surface area contributed by atoms with Crippen molar-refractivity contribution in [3.8, 4) is 5.75 Å². The Kier molecular flexibility index (Phi) is 6.18. The van der Waals surface area contributed by atoms with Gasteiger partial charge in [0.2, 0.25) is 10.0 Å². The first-order chi connectivity index (χ1) is 14.5. The molecule has 2 heterocycles. The highest BCUT2D eigenvalue weighted by molar-refractivity contribution is 7.89. The summed E-state index contributed by atoms with van der Waals surface area (Å²) in [5.41, 5.74) is 2.69.